The second-order valence-corrected chi connectivity index (χ2v) is 7.07. The molecular weight excluding hydrogens is 380 g/mol. The van der Waals surface area contributed by atoms with Crippen LogP contribution in [-0.2, 0) is 4.74 Å². The summed E-state index contributed by atoms with van der Waals surface area (Å²) in [4.78, 5) is 25.3. The van der Waals surface area contributed by atoms with Crippen molar-refractivity contribution in [1.29, 1.82) is 0 Å². The maximum absolute atomic E-state index is 12.9. The Labute approximate surface area is 176 Å². The van der Waals surface area contributed by atoms with Gasteiger partial charge in [0.1, 0.15) is 0 Å². The molecule has 1 aromatic heterocycles. The van der Waals surface area contributed by atoms with E-state index in [9.17, 15) is 9.59 Å². The number of hydrogen-bond donors (Lipinski definition) is 2. The minimum atomic E-state index is -0.251. The average Bonchev–Trinajstić information content (AvgIpc) is 3.07. The van der Waals surface area contributed by atoms with Crippen molar-refractivity contribution in [1.82, 2.24) is 15.1 Å². The third-order valence-electron chi connectivity index (χ3n) is 4.78. The highest BCUT2D eigenvalue weighted by Crippen LogP contribution is 2.21. The smallest absolute Gasteiger partial charge is 0.255 e. The molecule has 0 unspecified atom stereocenters. The molecule has 30 heavy (non-hydrogen) atoms. The van der Waals surface area contributed by atoms with E-state index in [0.29, 0.717) is 35.5 Å². The van der Waals surface area contributed by atoms with Crippen molar-refractivity contribution in [2.75, 3.05) is 25.6 Å². The van der Waals surface area contributed by atoms with Gasteiger partial charge in [-0.2, -0.15) is 5.10 Å². The first-order valence-corrected chi connectivity index (χ1v) is 9.72. The lowest BCUT2D eigenvalue weighted by atomic mass is 10.1. The number of hydrogen-bond acceptors (Lipinski definition) is 4. The molecule has 7 heteroatoms. The van der Waals surface area contributed by atoms with Crippen LogP contribution in [0.1, 0.15) is 37.7 Å². The molecule has 0 radical (unpaired) electrons. The van der Waals surface area contributed by atoms with Gasteiger partial charge in [-0.05, 0) is 62.7 Å². The number of carbonyl (C=O) groups excluding carboxylic acids is 2. The van der Waals surface area contributed by atoms with E-state index in [1.54, 1.807) is 37.4 Å². The van der Waals surface area contributed by atoms with Crippen LogP contribution < -0.4 is 10.6 Å². The number of aromatic nitrogens is 2. The summed E-state index contributed by atoms with van der Waals surface area (Å²) < 4.78 is 6.76. The van der Waals surface area contributed by atoms with Gasteiger partial charge in [0.2, 0.25) is 0 Å². The minimum Gasteiger partial charge on any atom is -0.383 e. The Bertz CT molecular complexity index is 1070. The number of ether oxygens (including phenoxy) is 1. The quantitative estimate of drug-likeness (QED) is 0.589. The summed E-state index contributed by atoms with van der Waals surface area (Å²) in [6.45, 7) is 6.57. The summed E-state index contributed by atoms with van der Waals surface area (Å²) in [5, 5.41) is 10.2. The van der Waals surface area contributed by atoms with E-state index in [-0.39, 0.29) is 11.8 Å². The second kappa shape index (κ2) is 9.37. The van der Waals surface area contributed by atoms with Gasteiger partial charge in [-0.1, -0.05) is 12.1 Å². The first kappa shape index (κ1) is 21.3. The van der Waals surface area contributed by atoms with Gasteiger partial charge < -0.3 is 15.4 Å². The van der Waals surface area contributed by atoms with Crippen molar-refractivity contribution >= 4 is 17.5 Å². The maximum atomic E-state index is 12.9. The first-order valence-electron chi connectivity index (χ1n) is 9.72. The summed E-state index contributed by atoms with van der Waals surface area (Å²) in [5.41, 5.74) is 5.05. The van der Waals surface area contributed by atoms with Crippen molar-refractivity contribution in [3.05, 3.63) is 76.6 Å². The van der Waals surface area contributed by atoms with E-state index < -0.39 is 0 Å². The van der Waals surface area contributed by atoms with Gasteiger partial charge in [0.05, 0.1) is 18.0 Å². The molecule has 2 amide bonds. The Hall–Kier alpha value is -3.45. The number of anilines is 1. The highest BCUT2D eigenvalue weighted by atomic mass is 16.5. The highest BCUT2D eigenvalue weighted by Gasteiger charge is 2.14. The number of rotatable bonds is 7. The van der Waals surface area contributed by atoms with E-state index in [2.05, 4.69) is 15.7 Å². The summed E-state index contributed by atoms with van der Waals surface area (Å²) in [5.74, 6) is -0.453. The van der Waals surface area contributed by atoms with Crippen LogP contribution in [0.25, 0.3) is 5.69 Å². The number of aryl methyl sites for hydroxylation is 2. The largest absolute Gasteiger partial charge is 0.383 e. The molecule has 1 heterocycles. The zero-order valence-electron chi connectivity index (χ0n) is 17.7. The number of methoxy groups -OCH3 is 1. The number of nitrogens with zero attached hydrogens (tertiary/aromatic N) is 2. The van der Waals surface area contributed by atoms with Gasteiger partial charge in [0.25, 0.3) is 11.8 Å². The molecule has 2 aromatic carbocycles. The fourth-order valence-corrected chi connectivity index (χ4v) is 3.24. The van der Waals surface area contributed by atoms with Gasteiger partial charge in [0.15, 0.2) is 0 Å². The van der Waals surface area contributed by atoms with Crippen molar-refractivity contribution in [2.45, 2.75) is 20.8 Å². The minimum absolute atomic E-state index is 0.202. The third kappa shape index (κ3) is 4.75. The van der Waals surface area contributed by atoms with E-state index in [1.807, 2.05) is 43.7 Å². The SMILES string of the molecule is COCCNC(=O)c1cccc(NC(=O)c2cccc(-n3nc(C)cc3C)c2)c1C. The van der Waals surface area contributed by atoms with Crippen LogP contribution in [0.3, 0.4) is 0 Å². The molecule has 0 fully saturated rings. The molecule has 156 valence electrons. The molecule has 0 saturated carbocycles. The van der Waals surface area contributed by atoms with Crippen molar-refractivity contribution in [3.63, 3.8) is 0 Å². The Balaban J connectivity index is 1.80. The van der Waals surface area contributed by atoms with Gasteiger partial charge in [0, 0.05) is 36.2 Å². The van der Waals surface area contributed by atoms with Gasteiger partial charge in [-0.25, -0.2) is 4.68 Å². The number of carbonyl (C=O) groups is 2. The molecule has 0 bridgehead atoms. The fraction of sp³-hybridized carbons (Fsp3) is 0.261. The lowest BCUT2D eigenvalue weighted by Crippen LogP contribution is -2.27. The summed E-state index contributed by atoms with van der Waals surface area (Å²) in [6.07, 6.45) is 0. The highest BCUT2D eigenvalue weighted by molar-refractivity contribution is 6.06. The molecule has 2 N–H and O–H groups in total. The van der Waals surface area contributed by atoms with Gasteiger partial charge in [-0.15, -0.1) is 0 Å². The van der Waals surface area contributed by atoms with Crippen LogP contribution in [0.2, 0.25) is 0 Å². The molecule has 0 saturated heterocycles. The van der Waals surface area contributed by atoms with Crippen LogP contribution in [0.15, 0.2) is 48.5 Å². The molecule has 0 aliphatic rings. The predicted molar refractivity (Wildman–Crippen MR) is 116 cm³/mol. The Morgan fingerprint density at radius 1 is 1.03 bits per heavy atom. The summed E-state index contributed by atoms with van der Waals surface area (Å²) in [6, 6.07) is 14.5. The van der Waals surface area contributed by atoms with Crippen LogP contribution >= 0.6 is 0 Å². The van der Waals surface area contributed by atoms with Crippen molar-refractivity contribution in [3.8, 4) is 5.69 Å². The molecule has 0 aliphatic heterocycles. The number of amides is 2. The fourth-order valence-electron chi connectivity index (χ4n) is 3.24. The zero-order valence-corrected chi connectivity index (χ0v) is 17.7. The number of benzene rings is 2. The van der Waals surface area contributed by atoms with Gasteiger partial charge >= 0.3 is 0 Å². The zero-order chi connectivity index (χ0) is 21.7. The van der Waals surface area contributed by atoms with Gasteiger partial charge in [-0.3, -0.25) is 9.59 Å². The van der Waals surface area contributed by atoms with Crippen LogP contribution in [0.4, 0.5) is 5.69 Å². The van der Waals surface area contributed by atoms with Crippen LogP contribution in [-0.4, -0.2) is 41.9 Å². The topological polar surface area (TPSA) is 85.3 Å². The molecule has 3 aromatic rings. The molecule has 7 nitrogen and oxygen atoms in total. The monoisotopic (exact) mass is 406 g/mol. The summed E-state index contributed by atoms with van der Waals surface area (Å²) in [7, 11) is 1.58. The molecule has 0 aliphatic carbocycles. The van der Waals surface area contributed by atoms with Crippen LogP contribution in [0.5, 0.6) is 0 Å². The standard InChI is InChI=1S/C23H26N4O3/c1-15-13-16(2)27(26-15)19-8-5-7-18(14-19)22(28)25-21-10-6-9-20(17(21)3)23(29)24-11-12-30-4/h5-10,13-14H,11-12H2,1-4H3,(H,24,29)(H,25,28). The Morgan fingerprint density at radius 2 is 1.80 bits per heavy atom. The van der Waals surface area contributed by atoms with Crippen molar-refractivity contribution < 1.29 is 14.3 Å². The number of nitrogens with one attached hydrogen (secondary N) is 2. The van der Waals surface area contributed by atoms with Crippen LogP contribution in [0, 0.1) is 20.8 Å². The van der Waals surface area contributed by atoms with E-state index in [1.165, 1.54) is 0 Å². The molecular formula is C23H26N4O3. The second-order valence-electron chi connectivity index (χ2n) is 7.07. The Morgan fingerprint density at radius 3 is 2.50 bits per heavy atom. The van der Waals surface area contributed by atoms with E-state index in [0.717, 1.165) is 17.1 Å². The first-order chi connectivity index (χ1) is 14.4. The summed E-state index contributed by atoms with van der Waals surface area (Å²) >= 11 is 0. The van der Waals surface area contributed by atoms with E-state index in [4.69, 9.17) is 4.74 Å². The lowest BCUT2D eigenvalue weighted by Gasteiger charge is -2.13. The average molecular weight is 406 g/mol. The van der Waals surface area contributed by atoms with E-state index >= 15 is 0 Å². The molecule has 0 atom stereocenters. The van der Waals surface area contributed by atoms with Crippen molar-refractivity contribution in [2.24, 2.45) is 0 Å². The predicted octanol–water partition coefficient (Wildman–Crippen LogP) is 3.43. The maximum Gasteiger partial charge on any atom is 0.255 e. The lowest BCUT2D eigenvalue weighted by molar-refractivity contribution is 0.0935. The Kier molecular flexibility index (Phi) is 6.64. The normalized spacial score (nSPS) is 10.7. The third-order valence-corrected chi connectivity index (χ3v) is 4.78. The molecule has 0 spiro atoms. The molecule has 3 rings (SSSR count).